The molecule has 0 aromatic heterocycles. The molecule has 0 saturated carbocycles. The van der Waals surface area contributed by atoms with Gasteiger partial charge in [0.15, 0.2) is 17.6 Å². The summed E-state index contributed by atoms with van der Waals surface area (Å²) in [6, 6.07) is 13.0. The fourth-order valence-corrected chi connectivity index (χ4v) is 2.15. The predicted molar refractivity (Wildman–Crippen MR) is 96.0 cm³/mol. The topological polar surface area (TPSA) is 114 Å². The van der Waals surface area contributed by atoms with Gasteiger partial charge in [0, 0.05) is 17.3 Å². The number of nitriles is 1. The summed E-state index contributed by atoms with van der Waals surface area (Å²) in [5, 5.41) is 11.7. The molecule has 0 fully saturated rings. The second-order valence-electron chi connectivity index (χ2n) is 5.40. The largest absolute Gasteiger partial charge is 0.490 e. The Morgan fingerprint density at radius 2 is 1.88 bits per heavy atom. The van der Waals surface area contributed by atoms with E-state index >= 15 is 0 Å². The van der Waals surface area contributed by atoms with Crippen molar-refractivity contribution in [2.24, 2.45) is 5.73 Å². The van der Waals surface area contributed by atoms with Gasteiger partial charge in [0.2, 0.25) is 5.91 Å². The Kier molecular flexibility index (Phi) is 6.17. The van der Waals surface area contributed by atoms with Crippen molar-refractivity contribution < 1.29 is 19.1 Å². The summed E-state index contributed by atoms with van der Waals surface area (Å²) >= 11 is 0. The molecule has 26 heavy (non-hydrogen) atoms. The SMILES string of the molecule is CCOc1cc(C#N)ccc1O[C@H](C)C(=O)Nc1ccc(C(N)=O)cc1. The van der Waals surface area contributed by atoms with E-state index in [1.807, 2.05) is 13.0 Å². The summed E-state index contributed by atoms with van der Waals surface area (Å²) in [4.78, 5) is 23.4. The number of primary amides is 1. The molecule has 134 valence electrons. The van der Waals surface area contributed by atoms with Crippen LogP contribution < -0.4 is 20.5 Å². The first kappa shape index (κ1) is 18.8. The van der Waals surface area contributed by atoms with E-state index in [9.17, 15) is 9.59 Å². The minimum absolute atomic E-state index is 0.353. The van der Waals surface area contributed by atoms with E-state index in [1.165, 1.54) is 12.1 Å². The van der Waals surface area contributed by atoms with Crippen LogP contribution in [0.25, 0.3) is 0 Å². The molecule has 2 amide bonds. The van der Waals surface area contributed by atoms with Crippen LogP contribution in [0, 0.1) is 11.3 Å². The first-order chi connectivity index (χ1) is 12.4. The van der Waals surface area contributed by atoms with Crippen LogP contribution in [-0.4, -0.2) is 24.5 Å². The monoisotopic (exact) mass is 353 g/mol. The minimum atomic E-state index is -0.807. The lowest BCUT2D eigenvalue weighted by atomic mass is 10.2. The highest BCUT2D eigenvalue weighted by Crippen LogP contribution is 2.29. The van der Waals surface area contributed by atoms with Crippen molar-refractivity contribution in [3.8, 4) is 17.6 Å². The number of carbonyl (C=O) groups is 2. The average Bonchev–Trinajstić information content (AvgIpc) is 2.63. The molecule has 0 spiro atoms. The number of nitrogens with zero attached hydrogens (tertiary/aromatic N) is 1. The zero-order valence-corrected chi connectivity index (χ0v) is 14.5. The maximum Gasteiger partial charge on any atom is 0.265 e. The lowest BCUT2D eigenvalue weighted by Crippen LogP contribution is -2.30. The molecule has 0 aliphatic carbocycles. The van der Waals surface area contributed by atoms with Crippen LogP contribution in [0.2, 0.25) is 0 Å². The van der Waals surface area contributed by atoms with Crippen LogP contribution in [0.1, 0.15) is 29.8 Å². The van der Waals surface area contributed by atoms with Crippen molar-refractivity contribution in [2.75, 3.05) is 11.9 Å². The summed E-state index contributed by atoms with van der Waals surface area (Å²) in [5.74, 6) is -0.137. The Hall–Kier alpha value is -3.53. The number of anilines is 1. The lowest BCUT2D eigenvalue weighted by molar-refractivity contribution is -0.122. The van der Waals surface area contributed by atoms with Gasteiger partial charge in [0.05, 0.1) is 18.2 Å². The Bertz CT molecular complexity index is 841. The summed E-state index contributed by atoms with van der Waals surface area (Å²) in [6.45, 7) is 3.81. The molecule has 0 aliphatic rings. The van der Waals surface area contributed by atoms with Gasteiger partial charge in [-0.3, -0.25) is 9.59 Å². The summed E-state index contributed by atoms with van der Waals surface area (Å²) in [6.07, 6.45) is -0.807. The van der Waals surface area contributed by atoms with Crippen LogP contribution in [0.4, 0.5) is 5.69 Å². The highest BCUT2D eigenvalue weighted by Gasteiger charge is 2.17. The Morgan fingerprint density at radius 1 is 1.19 bits per heavy atom. The molecule has 0 bridgehead atoms. The van der Waals surface area contributed by atoms with Crippen LogP contribution >= 0.6 is 0 Å². The molecule has 7 heteroatoms. The zero-order valence-electron chi connectivity index (χ0n) is 14.5. The van der Waals surface area contributed by atoms with Gasteiger partial charge in [-0.05, 0) is 50.2 Å². The standard InChI is InChI=1S/C19H19N3O4/c1-3-25-17-10-13(11-20)4-9-16(17)26-12(2)19(24)22-15-7-5-14(6-8-15)18(21)23/h4-10,12H,3H2,1-2H3,(H2,21,23)(H,22,24)/t12-/m1/s1. The number of rotatable bonds is 7. The van der Waals surface area contributed by atoms with Crippen LogP contribution in [0.5, 0.6) is 11.5 Å². The quantitative estimate of drug-likeness (QED) is 0.793. The summed E-state index contributed by atoms with van der Waals surface area (Å²) < 4.78 is 11.1. The van der Waals surface area contributed by atoms with E-state index in [2.05, 4.69) is 5.32 Å². The van der Waals surface area contributed by atoms with Crippen molar-refractivity contribution in [2.45, 2.75) is 20.0 Å². The molecule has 1 atom stereocenters. The number of amides is 2. The van der Waals surface area contributed by atoms with Crippen molar-refractivity contribution in [3.63, 3.8) is 0 Å². The number of nitrogens with two attached hydrogens (primary N) is 1. The van der Waals surface area contributed by atoms with E-state index in [-0.39, 0.29) is 5.91 Å². The van der Waals surface area contributed by atoms with E-state index in [1.54, 1.807) is 37.3 Å². The highest BCUT2D eigenvalue weighted by atomic mass is 16.5. The number of hydrogen-bond acceptors (Lipinski definition) is 5. The molecule has 0 saturated heterocycles. The van der Waals surface area contributed by atoms with Gasteiger partial charge in [0.25, 0.3) is 5.91 Å². The van der Waals surface area contributed by atoms with Crippen LogP contribution in [-0.2, 0) is 4.79 Å². The molecule has 0 radical (unpaired) electrons. The van der Waals surface area contributed by atoms with Gasteiger partial charge < -0.3 is 20.5 Å². The average molecular weight is 353 g/mol. The van der Waals surface area contributed by atoms with Gasteiger partial charge in [-0.25, -0.2) is 0 Å². The van der Waals surface area contributed by atoms with Crippen LogP contribution in [0.15, 0.2) is 42.5 Å². The Labute approximate surface area is 151 Å². The second kappa shape index (κ2) is 8.53. The zero-order chi connectivity index (χ0) is 19.1. The molecule has 7 nitrogen and oxygen atoms in total. The lowest BCUT2D eigenvalue weighted by Gasteiger charge is -2.17. The number of hydrogen-bond donors (Lipinski definition) is 2. The number of ether oxygens (including phenoxy) is 2. The number of nitrogens with one attached hydrogen (secondary N) is 1. The molecule has 3 N–H and O–H groups in total. The third-order valence-electron chi connectivity index (χ3n) is 3.48. The minimum Gasteiger partial charge on any atom is -0.490 e. The smallest absolute Gasteiger partial charge is 0.265 e. The van der Waals surface area contributed by atoms with Crippen molar-refractivity contribution in [1.82, 2.24) is 0 Å². The summed E-state index contributed by atoms with van der Waals surface area (Å²) in [5.41, 5.74) is 6.49. The number of carbonyl (C=O) groups excluding carboxylic acids is 2. The van der Waals surface area contributed by atoms with Gasteiger partial charge in [-0.2, -0.15) is 5.26 Å². The highest BCUT2D eigenvalue weighted by molar-refractivity contribution is 5.96. The first-order valence-corrected chi connectivity index (χ1v) is 7.99. The van der Waals surface area contributed by atoms with Gasteiger partial charge in [0.1, 0.15) is 0 Å². The maximum absolute atomic E-state index is 12.3. The molecule has 2 aromatic rings. The van der Waals surface area contributed by atoms with Crippen molar-refractivity contribution in [1.29, 1.82) is 5.26 Å². The molecule has 0 unspecified atom stereocenters. The normalized spacial score (nSPS) is 11.1. The summed E-state index contributed by atoms with van der Waals surface area (Å²) in [7, 11) is 0. The predicted octanol–water partition coefficient (Wildman–Crippen LogP) is 2.46. The second-order valence-corrected chi connectivity index (χ2v) is 5.40. The Balaban J connectivity index is 2.07. The van der Waals surface area contributed by atoms with Crippen molar-refractivity contribution in [3.05, 3.63) is 53.6 Å². The molecular formula is C19H19N3O4. The van der Waals surface area contributed by atoms with E-state index in [4.69, 9.17) is 20.5 Å². The molecule has 2 rings (SSSR count). The van der Waals surface area contributed by atoms with Gasteiger partial charge in [-0.15, -0.1) is 0 Å². The van der Waals surface area contributed by atoms with Crippen molar-refractivity contribution >= 4 is 17.5 Å². The first-order valence-electron chi connectivity index (χ1n) is 7.99. The molecular weight excluding hydrogens is 334 g/mol. The molecule has 0 heterocycles. The van der Waals surface area contributed by atoms with Gasteiger partial charge >= 0.3 is 0 Å². The molecule has 2 aromatic carbocycles. The fraction of sp³-hybridized carbons (Fsp3) is 0.211. The van der Waals surface area contributed by atoms with E-state index in [0.717, 1.165) is 0 Å². The van der Waals surface area contributed by atoms with Crippen LogP contribution in [0.3, 0.4) is 0 Å². The molecule has 0 aliphatic heterocycles. The maximum atomic E-state index is 12.3. The number of benzene rings is 2. The van der Waals surface area contributed by atoms with E-state index in [0.29, 0.717) is 34.9 Å². The fourth-order valence-electron chi connectivity index (χ4n) is 2.15. The van der Waals surface area contributed by atoms with Gasteiger partial charge in [-0.1, -0.05) is 0 Å². The Morgan fingerprint density at radius 3 is 2.46 bits per heavy atom. The third kappa shape index (κ3) is 4.74. The van der Waals surface area contributed by atoms with E-state index < -0.39 is 12.0 Å². The third-order valence-corrected chi connectivity index (χ3v) is 3.48.